The average Bonchev–Trinajstić information content (AvgIpc) is 3.15. The molecule has 2 aromatic rings. The summed E-state index contributed by atoms with van der Waals surface area (Å²) >= 11 is 1.14. The SMILES string of the molecule is C=C(C)C(=C)OCCN(CCOC(=O)C(=C)C)c1ccc(N=Nc2snc(C)c2C#N)c(C)c1. The van der Waals surface area contributed by atoms with Crippen LogP contribution in [0.25, 0.3) is 0 Å². The predicted molar refractivity (Wildman–Crippen MR) is 135 cm³/mol. The Labute approximate surface area is 204 Å². The molecule has 1 aromatic carbocycles. The summed E-state index contributed by atoms with van der Waals surface area (Å²) < 4.78 is 15.1. The summed E-state index contributed by atoms with van der Waals surface area (Å²) in [6.45, 7) is 20.0. The molecule has 0 fully saturated rings. The largest absolute Gasteiger partial charge is 0.492 e. The smallest absolute Gasteiger partial charge is 0.333 e. The van der Waals surface area contributed by atoms with Crippen LogP contribution in [0.3, 0.4) is 0 Å². The second-order valence-electron chi connectivity index (χ2n) is 7.69. The number of esters is 1. The van der Waals surface area contributed by atoms with Crippen LogP contribution >= 0.6 is 11.5 Å². The van der Waals surface area contributed by atoms with E-state index in [1.807, 2.05) is 36.9 Å². The van der Waals surface area contributed by atoms with E-state index in [-0.39, 0.29) is 6.61 Å². The average molecular weight is 480 g/mol. The number of hydrogen-bond acceptors (Lipinski definition) is 9. The van der Waals surface area contributed by atoms with E-state index in [1.165, 1.54) is 0 Å². The number of nitriles is 1. The summed E-state index contributed by atoms with van der Waals surface area (Å²) in [5.41, 5.74) is 4.70. The lowest BCUT2D eigenvalue weighted by Gasteiger charge is -2.25. The Morgan fingerprint density at radius 2 is 1.79 bits per heavy atom. The highest BCUT2D eigenvalue weighted by Crippen LogP contribution is 2.31. The van der Waals surface area contributed by atoms with Crippen LogP contribution in [0.1, 0.15) is 30.7 Å². The van der Waals surface area contributed by atoms with Crippen LogP contribution in [-0.2, 0) is 14.3 Å². The third-order valence-corrected chi connectivity index (χ3v) is 5.63. The lowest BCUT2D eigenvalue weighted by atomic mass is 10.1. The van der Waals surface area contributed by atoms with Crippen molar-refractivity contribution in [2.45, 2.75) is 27.7 Å². The zero-order valence-electron chi connectivity index (χ0n) is 20.1. The van der Waals surface area contributed by atoms with Crippen molar-refractivity contribution < 1.29 is 14.3 Å². The molecule has 0 radical (unpaired) electrons. The van der Waals surface area contributed by atoms with Crippen molar-refractivity contribution in [2.75, 3.05) is 31.2 Å². The van der Waals surface area contributed by atoms with Crippen LogP contribution in [0.4, 0.5) is 16.4 Å². The highest BCUT2D eigenvalue weighted by molar-refractivity contribution is 7.10. The monoisotopic (exact) mass is 479 g/mol. The molecule has 0 aliphatic rings. The number of nitrogens with zero attached hydrogens (tertiary/aromatic N) is 5. The van der Waals surface area contributed by atoms with E-state index in [9.17, 15) is 10.1 Å². The molecule has 8 nitrogen and oxygen atoms in total. The number of aromatic nitrogens is 1. The third kappa shape index (κ3) is 7.39. The summed E-state index contributed by atoms with van der Waals surface area (Å²) in [6.07, 6.45) is 0. The second-order valence-corrected chi connectivity index (χ2v) is 8.44. The van der Waals surface area contributed by atoms with Crippen LogP contribution in [0.2, 0.25) is 0 Å². The molecule has 1 heterocycles. The molecule has 0 aliphatic carbocycles. The van der Waals surface area contributed by atoms with Crippen molar-refractivity contribution in [3.8, 4) is 6.07 Å². The molecular weight excluding hydrogens is 450 g/mol. The van der Waals surface area contributed by atoms with E-state index in [4.69, 9.17) is 9.47 Å². The van der Waals surface area contributed by atoms with Crippen molar-refractivity contribution in [2.24, 2.45) is 10.2 Å². The quantitative estimate of drug-likeness (QED) is 0.120. The van der Waals surface area contributed by atoms with Crippen molar-refractivity contribution in [1.82, 2.24) is 4.37 Å². The first-order chi connectivity index (χ1) is 16.1. The fraction of sp³-hybridized carbons (Fsp3) is 0.320. The molecule has 0 aliphatic heterocycles. The number of benzene rings is 1. The van der Waals surface area contributed by atoms with Gasteiger partial charge in [0.25, 0.3) is 0 Å². The third-order valence-electron chi connectivity index (χ3n) is 4.81. The minimum Gasteiger partial charge on any atom is -0.492 e. The van der Waals surface area contributed by atoms with Gasteiger partial charge in [0.05, 0.1) is 24.5 Å². The van der Waals surface area contributed by atoms with Gasteiger partial charge in [0, 0.05) is 11.3 Å². The Morgan fingerprint density at radius 3 is 2.38 bits per heavy atom. The maximum Gasteiger partial charge on any atom is 0.333 e. The minimum absolute atomic E-state index is 0.204. The van der Waals surface area contributed by atoms with Crippen molar-refractivity contribution in [1.29, 1.82) is 5.26 Å². The van der Waals surface area contributed by atoms with E-state index in [2.05, 4.69) is 40.4 Å². The molecule has 34 heavy (non-hydrogen) atoms. The van der Waals surface area contributed by atoms with E-state index >= 15 is 0 Å². The minimum atomic E-state index is -0.422. The van der Waals surface area contributed by atoms with Gasteiger partial charge in [-0.15, -0.1) is 10.2 Å². The fourth-order valence-electron chi connectivity index (χ4n) is 2.75. The fourth-order valence-corrected chi connectivity index (χ4v) is 3.42. The number of ether oxygens (including phenoxy) is 2. The van der Waals surface area contributed by atoms with Crippen LogP contribution < -0.4 is 4.90 Å². The van der Waals surface area contributed by atoms with Crippen molar-refractivity contribution in [3.05, 3.63) is 71.7 Å². The number of aryl methyl sites for hydroxylation is 2. The van der Waals surface area contributed by atoms with Crippen LogP contribution in [-0.4, -0.2) is 36.6 Å². The Morgan fingerprint density at radius 1 is 1.12 bits per heavy atom. The first-order valence-corrected chi connectivity index (χ1v) is 11.3. The van der Waals surface area contributed by atoms with Crippen LogP contribution in [0, 0.1) is 25.2 Å². The lowest BCUT2D eigenvalue weighted by Crippen LogP contribution is -2.31. The standard InChI is InChI=1S/C25H29N5O3S/c1-16(2)20(7)32-12-10-30(11-13-33-25(31)17(3)4)21-8-9-23(18(5)14-21)27-28-24-22(15-26)19(6)29-34-24/h8-9,14H,1,3,7,10-13H2,2,4-6H3. The van der Waals surface area contributed by atoms with E-state index in [1.54, 1.807) is 13.8 Å². The highest BCUT2D eigenvalue weighted by Gasteiger charge is 2.12. The summed E-state index contributed by atoms with van der Waals surface area (Å²) in [4.78, 5) is 13.8. The normalized spacial score (nSPS) is 10.6. The maximum atomic E-state index is 11.7. The second kappa shape index (κ2) is 12.5. The topological polar surface area (TPSA) is 100 Å². The zero-order chi connectivity index (χ0) is 25.3. The molecule has 1 aromatic heterocycles. The zero-order valence-corrected chi connectivity index (χ0v) is 20.9. The number of anilines is 1. The van der Waals surface area contributed by atoms with E-state index < -0.39 is 5.97 Å². The van der Waals surface area contributed by atoms with E-state index in [0.29, 0.717) is 53.0 Å². The first-order valence-electron chi connectivity index (χ1n) is 10.6. The van der Waals surface area contributed by atoms with Gasteiger partial charge < -0.3 is 14.4 Å². The van der Waals surface area contributed by atoms with Gasteiger partial charge in [-0.25, -0.2) is 4.79 Å². The van der Waals surface area contributed by atoms with Crippen molar-refractivity contribution in [3.63, 3.8) is 0 Å². The van der Waals surface area contributed by atoms with Crippen LogP contribution in [0.5, 0.6) is 0 Å². The van der Waals surface area contributed by atoms with Gasteiger partial charge in [0.1, 0.15) is 30.6 Å². The van der Waals surface area contributed by atoms with Gasteiger partial charge in [-0.3, -0.25) is 0 Å². The lowest BCUT2D eigenvalue weighted by molar-refractivity contribution is -0.138. The number of allylic oxidation sites excluding steroid dienone is 1. The first kappa shape index (κ1) is 26.5. The van der Waals surface area contributed by atoms with Gasteiger partial charge in [0.15, 0.2) is 5.00 Å². The molecular formula is C25H29N5O3S. The summed E-state index contributed by atoms with van der Waals surface area (Å²) in [7, 11) is 0. The molecule has 0 bridgehead atoms. The van der Waals surface area contributed by atoms with Gasteiger partial charge in [-0.2, -0.15) is 9.64 Å². The Hall–Kier alpha value is -3.77. The molecule has 0 N–H and O–H groups in total. The number of carbonyl (C=O) groups is 1. The molecule has 2 rings (SSSR count). The predicted octanol–water partition coefficient (Wildman–Crippen LogP) is 6.08. The van der Waals surface area contributed by atoms with Gasteiger partial charge >= 0.3 is 5.97 Å². The number of hydrogen-bond donors (Lipinski definition) is 0. The van der Waals surface area contributed by atoms with Gasteiger partial charge in [-0.05, 0) is 68.6 Å². The molecule has 0 unspecified atom stereocenters. The molecule has 0 amide bonds. The molecule has 0 atom stereocenters. The number of rotatable bonds is 12. The Kier molecular flexibility index (Phi) is 9.71. The molecule has 178 valence electrons. The van der Waals surface area contributed by atoms with Gasteiger partial charge in [0.2, 0.25) is 0 Å². The molecule has 0 saturated carbocycles. The summed E-state index contributed by atoms with van der Waals surface area (Å²) in [6, 6.07) is 7.86. The Bertz CT molecular complexity index is 1130. The van der Waals surface area contributed by atoms with Crippen LogP contribution in [0.15, 0.2) is 65.1 Å². The molecule has 9 heteroatoms. The maximum absolute atomic E-state index is 11.7. The summed E-state index contributed by atoms with van der Waals surface area (Å²) in [5, 5.41) is 18.3. The molecule has 0 saturated heterocycles. The van der Waals surface area contributed by atoms with E-state index in [0.717, 1.165) is 28.4 Å². The number of azo groups is 1. The van der Waals surface area contributed by atoms with Gasteiger partial charge in [-0.1, -0.05) is 19.7 Å². The number of carbonyl (C=O) groups excluding carboxylic acids is 1. The summed E-state index contributed by atoms with van der Waals surface area (Å²) in [5.74, 6) is 0.115. The highest BCUT2D eigenvalue weighted by atomic mass is 32.1. The van der Waals surface area contributed by atoms with Crippen molar-refractivity contribution >= 4 is 33.9 Å². The Balaban J connectivity index is 2.17. The molecule has 0 spiro atoms.